The normalized spacial score (nSPS) is 11.5. The highest BCUT2D eigenvalue weighted by Gasteiger charge is 2.17. The van der Waals surface area contributed by atoms with E-state index in [2.05, 4.69) is 12.2 Å². The van der Waals surface area contributed by atoms with Crippen molar-refractivity contribution in [1.82, 2.24) is 0 Å². The number of nitrogens with one attached hydrogen (secondary N) is 1. The number of carbonyl (C=O) groups is 1. The van der Waals surface area contributed by atoms with Crippen molar-refractivity contribution in [2.75, 3.05) is 19.5 Å². The van der Waals surface area contributed by atoms with Crippen molar-refractivity contribution < 1.29 is 19.0 Å². The number of carbonyl (C=O) groups excluding carboxylic acids is 1. The molecule has 128 valence electrons. The van der Waals surface area contributed by atoms with Gasteiger partial charge in [0.05, 0.1) is 14.2 Å². The van der Waals surface area contributed by atoms with Crippen LogP contribution in [0.4, 0.5) is 5.69 Å². The molecule has 0 aliphatic carbocycles. The molecule has 2 aromatic carbocycles. The average molecular weight is 329 g/mol. The van der Waals surface area contributed by atoms with Crippen molar-refractivity contribution in [3.63, 3.8) is 0 Å². The molecule has 24 heavy (non-hydrogen) atoms. The number of para-hydroxylation sites is 1. The van der Waals surface area contributed by atoms with Gasteiger partial charge in [-0.15, -0.1) is 0 Å². The minimum absolute atomic E-state index is 0.229. The van der Waals surface area contributed by atoms with Crippen molar-refractivity contribution in [1.29, 1.82) is 0 Å². The first kappa shape index (κ1) is 17.7. The van der Waals surface area contributed by atoms with Crippen LogP contribution in [0.5, 0.6) is 17.2 Å². The number of benzene rings is 2. The summed E-state index contributed by atoms with van der Waals surface area (Å²) >= 11 is 0. The Bertz CT molecular complexity index is 700. The van der Waals surface area contributed by atoms with Crippen LogP contribution in [0.2, 0.25) is 0 Å². The van der Waals surface area contributed by atoms with Crippen molar-refractivity contribution in [2.45, 2.75) is 26.4 Å². The first-order valence-electron chi connectivity index (χ1n) is 7.86. The highest BCUT2D eigenvalue weighted by atomic mass is 16.5. The molecule has 2 rings (SSSR count). The van der Waals surface area contributed by atoms with Gasteiger partial charge in [0.2, 0.25) is 0 Å². The Balaban J connectivity index is 2.06. The summed E-state index contributed by atoms with van der Waals surface area (Å²) in [4.78, 5) is 12.4. The molecule has 0 radical (unpaired) electrons. The van der Waals surface area contributed by atoms with E-state index in [9.17, 15) is 4.79 Å². The fourth-order valence-corrected chi connectivity index (χ4v) is 2.31. The topological polar surface area (TPSA) is 56.8 Å². The highest BCUT2D eigenvalue weighted by Crippen LogP contribution is 2.30. The molecule has 0 unspecified atom stereocenters. The molecule has 1 atom stereocenters. The summed E-state index contributed by atoms with van der Waals surface area (Å²) < 4.78 is 16.2. The molecule has 1 amide bonds. The largest absolute Gasteiger partial charge is 0.493 e. The van der Waals surface area contributed by atoms with Crippen LogP contribution in [-0.2, 0) is 11.2 Å². The summed E-state index contributed by atoms with van der Waals surface area (Å²) in [5.41, 5.74) is 1.69. The van der Waals surface area contributed by atoms with E-state index in [4.69, 9.17) is 14.2 Å². The van der Waals surface area contributed by atoms with E-state index in [1.165, 1.54) is 0 Å². The Labute approximate surface area is 142 Å². The van der Waals surface area contributed by atoms with Gasteiger partial charge >= 0.3 is 0 Å². The van der Waals surface area contributed by atoms with Crippen molar-refractivity contribution in [3.8, 4) is 17.2 Å². The Hall–Kier alpha value is -2.69. The summed E-state index contributed by atoms with van der Waals surface area (Å²) in [5.74, 6) is 1.67. The van der Waals surface area contributed by atoms with Gasteiger partial charge in [0.1, 0.15) is 5.75 Å². The van der Waals surface area contributed by atoms with Gasteiger partial charge in [-0.25, -0.2) is 0 Å². The zero-order valence-electron chi connectivity index (χ0n) is 14.5. The zero-order chi connectivity index (χ0) is 17.5. The number of rotatable bonds is 7. The van der Waals surface area contributed by atoms with Crippen molar-refractivity contribution >= 4 is 11.6 Å². The molecule has 5 nitrogen and oxygen atoms in total. The molecule has 0 aliphatic heterocycles. The summed E-state index contributed by atoms with van der Waals surface area (Å²) in [6, 6.07) is 12.9. The summed E-state index contributed by atoms with van der Waals surface area (Å²) in [7, 11) is 3.12. The molecule has 1 N–H and O–H groups in total. The van der Waals surface area contributed by atoms with Crippen LogP contribution in [0.25, 0.3) is 0 Å². The van der Waals surface area contributed by atoms with Crippen LogP contribution < -0.4 is 19.5 Å². The van der Waals surface area contributed by atoms with Gasteiger partial charge in [0.25, 0.3) is 5.91 Å². The van der Waals surface area contributed by atoms with E-state index in [1.54, 1.807) is 39.3 Å². The lowest BCUT2D eigenvalue weighted by Gasteiger charge is -2.17. The summed E-state index contributed by atoms with van der Waals surface area (Å²) in [5, 5.41) is 2.83. The number of methoxy groups -OCH3 is 2. The third kappa shape index (κ3) is 4.19. The van der Waals surface area contributed by atoms with Gasteiger partial charge in [-0.1, -0.05) is 25.1 Å². The SMILES string of the molecule is CCc1ccccc1O[C@H](C)C(=O)Nc1ccc(OC)c(OC)c1. The molecule has 0 heterocycles. The maximum atomic E-state index is 12.4. The Morgan fingerprint density at radius 1 is 1.04 bits per heavy atom. The fourth-order valence-electron chi connectivity index (χ4n) is 2.31. The minimum atomic E-state index is -0.620. The Morgan fingerprint density at radius 2 is 1.75 bits per heavy atom. The molecule has 0 fully saturated rings. The molecule has 0 spiro atoms. The zero-order valence-corrected chi connectivity index (χ0v) is 14.5. The molecule has 0 saturated heterocycles. The Morgan fingerprint density at radius 3 is 2.42 bits per heavy atom. The van der Waals surface area contributed by atoms with Gasteiger partial charge < -0.3 is 19.5 Å². The second kappa shape index (κ2) is 8.24. The lowest BCUT2D eigenvalue weighted by molar-refractivity contribution is -0.122. The maximum absolute atomic E-state index is 12.4. The van der Waals surface area contributed by atoms with E-state index in [0.29, 0.717) is 17.2 Å². The number of aryl methyl sites for hydroxylation is 1. The number of hydrogen-bond acceptors (Lipinski definition) is 4. The van der Waals surface area contributed by atoms with Crippen molar-refractivity contribution in [3.05, 3.63) is 48.0 Å². The number of ether oxygens (including phenoxy) is 3. The smallest absolute Gasteiger partial charge is 0.265 e. The van der Waals surface area contributed by atoms with Crippen LogP contribution in [0.15, 0.2) is 42.5 Å². The second-order valence-electron chi connectivity index (χ2n) is 5.28. The number of hydrogen-bond donors (Lipinski definition) is 1. The van der Waals surface area contributed by atoms with Gasteiger partial charge in [0.15, 0.2) is 17.6 Å². The molecule has 2 aromatic rings. The monoisotopic (exact) mass is 329 g/mol. The lowest BCUT2D eigenvalue weighted by atomic mass is 10.1. The molecular formula is C19H23NO4. The lowest BCUT2D eigenvalue weighted by Crippen LogP contribution is -2.30. The molecule has 0 bridgehead atoms. The van der Waals surface area contributed by atoms with E-state index in [0.717, 1.165) is 17.7 Å². The predicted molar refractivity (Wildman–Crippen MR) is 94.1 cm³/mol. The molecule has 0 aliphatic rings. The van der Waals surface area contributed by atoms with Gasteiger partial charge in [-0.2, -0.15) is 0 Å². The second-order valence-corrected chi connectivity index (χ2v) is 5.28. The van der Waals surface area contributed by atoms with Crippen LogP contribution in [0, 0.1) is 0 Å². The van der Waals surface area contributed by atoms with E-state index < -0.39 is 6.10 Å². The van der Waals surface area contributed by atoms with Crippen LogP contribution >= 0.6 is 0 Å². The predicted octanol–water partition coefficient (Wildman–Crippen LogP) is 3.67. The molecular weight excluding hydrogens is 306 g/mol. The first-order valence-corrected chi connectivity index (χ1v) is 7.86. The standard InChI is InChI=1S/C19H23NO4/c1-5-14-8-6-7-9-16(14)24-13(2)19(21)20-15-10-11-17(22-3)18(12-15)23-4/h6-13H,5H2,1-4H3,(H,20,21)/t13-/m1/s1. The fraction of sp³-hybridized carbons (Fsp3) is 0.316. The van der Waals surface area contributed by atoms with Gasteiger partial charge in [-0.05, 0) is 37.1 Å². The number of amides is 1. The Kier molecular flexibility index (Phi) is 6.07. The van der Waals surface area contributed by atoms with Crippen LogP contribution in [0.1, 0.15) is 19.4 Å². The quantitative estimate of drug-likeness (QED) is 0.842. The third-order valence-corrected chi connectivity index (χ3v) is 3.68. The van der Waals surface area contributed by atoms with E-state index in [1.807, 2.05) is 24.3 Å². The average Bonchev–Trinajstić information content (AvgIpc) is 2.61. The minimum Gasteiger partial charge on any atom is -0.493 e. The van der Waals surface area contributed by atoms with Crippen LogP contribution in [0.3, 0.4) is 0 Å². The van der Waals surface area contributed by atoms with Crippen molar-refractivity contribution in [2.24, 2.45) is 0 Å². The maximum Gasteiger partial charge on any atom is 0.265 e. The molecule has 5 heteroatoms. The van der Waals surface area contributed by atoms with E-state index in [-0.39, 0.29) is 5.91 Å². The number of anilines is 1. The first-order chi connectivity index (χ1) is 11.6. The molecule has 0 aromatic heterocycles. The van der Waals surface area contributed by atoms with E-state index >= 15 is 0 Å². The highest BCUT2D eigenvalue weighted by molar-refractivity contribution is 5.94. The molecule has 0 saturated carbocycles. The summed E-state index contributed by atoms with van der Waals surface area (Å²) in [6.07, 6.45) is 0.228. The van der Waals surface area contributed by atoms with Gasteiger partial charge in [0, 0.05) is 11.8 Å². The third-order valence-electron chi connectivity index (χ3n) is 3.68. The van der Waals surface area contributed by atoms with Gasteiger partial charge in [-0.3, -0.25) is 4.79 Å². The van der Waals surface area contributed by atoms with Crippen LogP contribution in [-0.4, -0.2) is 26.2 Å². The summed E-state index contributed by atoms with van der Waals surface area (Å²) in [6.45, 7) is 3.78.